The zero-order valence-corrected chi connectivity index (χ0v) is 17.0. The van der Waals surface area contributed by atoms with Crippen LogP contribution in [-0.2, 0) is 16.1 Å². The minimum Gasteiger partial charge on any atom is -0.497 e. The van der Waals surface area contributed by atoms with Gasteiger partial charge in [0.15, 0.2) is 0 Å². The Kier molecular flexibility index (Phi) is 5.56. The third-order valence-electron chi connectivity index (χ3n) is 6.22. The molecule has 0 aliphatic carbocycles. The average molecular weight is 396 g/mol. The third kappa shape index (κ3) is 3.99. The molecule has 2 fully saturated rings. The van der Waals surface area contributed by atoms with Gasteiger partial charge in [-0.05, 0) is 30.2 Å². The predicted octanol–water partition coefficient (Wildman–Crippen LogP) is 2.35. The van der Waals surface area contributed by atoms with Gasteiger partial charge in [-0.3, -0.25) is 14.3 Å². The average Bonchev–Trinajstić information content (AvgIpc) is 3.44. The zero-order valence-electron chi connectivity index (χ0n) is 17.0. The van der Waals surface area contributed by atoms with Gasteiger partial charge in [-0.15, -0.1) is 0 Å². The number of rotatable bonds is 6. The summed E-state index contributed by atoms with van der Waals surface area (Å²) in [4.78, 5) is 29.0. The number of aryl methyl sites for hydroxylation is 1. The molecule has 0 radical (unpaired) electrons. The number of amides is 2. The smallest absolute Gasteiger partial charge is 0.222 e. The molecule has 29 heavy (non-hydrogen) atoms. The number of carbonyl (C=O) groups excluding carboxylic acids is 2. The molecule has 4 rings (SSSR count). The van der Waals surface area contributed by atoms with E-state index in [4.69, 9.17) is 4.74 Å². The second-order valence-corrected chi connectivity index (χ2v) is 7.98. The van der Waals surface area contributed by atoms with Crippen LogP contribution in [0.5, 0.6) is 5.75 Å². The minimum absolute atomic E-state index is 0.0188. The zero-order chi connectivity index (χ0) is 20.4. The van der Waals surface area contributed by atoms with Gasteiger partial charge in [0.2, 0.25) is 11.8 Å². The summed E-state index contributed by atoms with van der Waals surface area (Å²) >= 11 is 0. The number of nitrogens with zero attached hydrogens (tertiary/aromatic N) is 4. The highest BCUT2D eigenvalue weighted by atomic mass is 16.5. The first kappa shape index (κ1) is 19.5. The number of hydrogen-bond acceptors (Lipinski definition) is 4. The topological polar surface area (TPSA) is 67.7 Å². The molecule has 0 bridgehead atoms. The van der Waals surface area contributed by atoms with Crippen molar-refractivity contribution in [3.63, 3.8) is 0 Å². The number of likely N-dealkylation sites (tertiary alicyclic amines) is 2. The maximum absolute atomic E-state index is 12.7. The van der Waals surface area contributed by atoms with Crippen molar-refractivity contribution < 1.29 is 14.3 Å². The summed E-state index contributed by atoms with van der Waals surface area (Å²) in [5.74, 6) is 1.72. The Hall–Kier alpha value is -2.83. The van der Waals surface area contributed by atoms with Crippen molar-refractivity contribution in [3.05, 3.63) is 48.3 Å². The number of ether oxygens (including phenoxy) is 1. The second kappa shape index (κ2) is 8.27. The largest absolute Gasteiger partial charge is 0.497 e. The third-order valence-corrected chi connectivity index (χ3v) is 6.22. The lowest BCUT2D eigenvalue weighted by atomic mass is 9.89. The van der Waals surface area contributed by atoms with E-state index in [9.17, 15) is 9.59 Å². The molecule has 2 aromatic rings. The standard InChI is InChI=1S/C22H28N4O3/c1-16(27)26-14-18-13-24(21(28)5-3-11-25-12-4-10-23-25)15-20(18)22(26)17-6-8-19(29-2)9-7-17/h4,6-10,12,18,20,22H,3,5,11,13-15H2,1-2H3/t18-,20-,22+/m1/s1. The van der Waals surface area contributed by atoms with Crippen LogP contribution < -0.4 is 4.74 Å². The van der Waals surface area contributed by atoms with Gasteiger partial charge in [-0.2, -0.15) is 5.10 Å². The van der Waals surface area contributed by atoms with Crippen molar-refractivity contribution in [2.45, 2.75) is 32.4 Å². The fraction of sp³-hybridized carbons (Fsp3) is 0.500. The molecule has 0 saturated carbocycles. The predicted molar refractivity (Wildman–Crippen MR) is 108 cm³/mol. The van der Waals surface area contributed by atoms with Gasteiger partial charge in [0.1, 0.15) is 5.75 Å². The molecule has 1 aromatic heterocycles. The number of carbonyl (C=O) groups is 2. The molecular formula is C22H28N4O3. The van der Waals surface area contributed by atoms with E-state index in [1.807, 2.05) is 51.0 Å². The number of methoxy groups -OCH3 is 1. The van der Waals surface area contributed by atoms with Crippen LogP contribution in [0.15, 0.2) is 42.7 Å². The highest BCUT2D eigenvalue weighted by Crippen LogP contribution is 2.45. The maximum atomic E-state index is 12.7. The van der Waals surface area contributed by atoms with Crippen molar-refractivity contribution in [1.29, 1.82) is 0 Å². The normalized spacial score (nSPS) is 23.3. The molecule has 3 heterocycles. The highest BCUT2D eigenvalue weighted by molar-refractivity contribution is 5.77. The molecule has 2 amide bonds. The number of hydrogen-bond donors (Lipinski definition) is 0. The van der Waals surface area contributed by atoms with Crippen LogP contribution in [0, 0.1) is 11.8 Å². The van der Waals surface area contributed by atoms with Gasteiger partial charge in [-0.1, -0.05) is 12.1 Å². The Morgan fingerprint density at radius 3 is 2.62 bits per heavy atom. The van der Waals surface area contributed by atoms with Crippen molar-refractivity contribution >= 4 is 11.8 Å². The van der Waals surface area contributed by atoms with Crippen LogP contribution in [0.4, 0.5) is 0 Å². The molecule has 2 aliphatic rings. The van der Waals surface area contributed by atoms with E-state index in [0.717, 1.165) is 30.8 Å². The Morgan fingerprint density at radius 2 is 1.97 bits per heavy atom. The molecule has 3 atom stereocenters. The Bertz CT molecular complexity index is 849. The Balaban J connectivity index is 1.42. The van der Waals surface area contributed by atoms with Crippen LogP contribution in [0.25, 0.3) is 0 Å². The molecule has 2 aliphatic heterocycles. The molecule has 0 unspecified atom stereocenters. The monoisotopic (exact) mass is 396 g/mol. The molecule has 0 N–H and O–H groups in total. The number of fused-ring (bicyclic) bond motifs is 1. The molecule has 1 aromatic carbocycles. The summed E-state index contributed by atoms with van der Waals surface area (Å²) in [6, 6.07) is 9.86. The summed E-state index contributed by atoms with van der Waals surface area (Å²) in [5.41, 5.74) is 1.11. The van der Waals surface area contributed by atoms with Crippen molar-refractivity contribution in [2.24, 2.45) is 11.8 Å². The molecule has 154 valence electrons. The van der Waals surface area contributed by atoms with Gasteiger partial charge in [-0.25, -0.2) is 0 Å². The van der Waals surface area contributed by atoms with E-state index in [0.29, 0.717) is 25.4 Å². The summed E-state index contributed by atoms with van der Waals surface area (Å²) in [6.45, 7) is 4.56. The fourth-order valence-electron chi connectivity index (χ4n) is 4.78. The summed E-state index contributed by atoms with van der Waals surface area (Å²) < 4.78 is 7.12. The quantitative estimate of drug-likeness (QED) is 0.752. The molecule has 0 spiro atoms. The first-order chi connectivity index (χ1) is 14.1. The lowest BCUT2D eigenvalue weighted by Crippen LogP contribution is -2.36. The van der Waals surface area contributed by atoms with Crippen molar-refractivity contribution in [2.75, 3.05) is 26.7 Å². The first-order valence-corrected chi connectivity index (χ1v) is 10.2. The minimum atomic E-state index is 0.0188. The fourth-order valence-corrected chi connectivity index (χ4v) is 4.78. The van der Waals surface area contributed by atoms with Crippen LogP contribution in [-0.4, -0.2) is 58.1 Å². The van der Waals surface area contributed by atoms with Crippen LogP contribution in [0.3, 0.4) is 0 Å². The second-order valence-electron chi connectivity index (χ2n) is 7.98. The molecule has 2 saturated heterocycles. The van der Waals surface area contributed by atoms with E-state index >= 15 is 0 Å². The Labute approximate surface area is 171 Å². The number of aromatic nitrogens is 2. The van der Waals surface area contributed by atoms with Crippen molar-refractivity contribution in [3.8, 4) is 5.75 Å². The van der Waals surface area contributed by atoms with E-state index in [-0.39, 0.29) is 23.8 Å². The van der Waals surface area contributed by atoms with E-state index in [1.54, 1.807) is 20.2 Å². The maximum Gasteiger partial charge on any atom is 0.222 e. The van der Waals surface area contributed by atoms with E-state index in [2.05, 4.69) is 5.10 Å². The summed E-state index contributed by atoms with van der Waals surface area (Å²) in [6.07, 6.45) is 4.99. The van der Waals surface area contributed by atoms with E-state index in [1.165, 1.54) is 0 Å². The lowest BCUT2D eigenvalue weighted by molar-refractivity contribution is -0.131. The van der Waals surface area contributed by atoms with Gasteiger partial charge >= 0.3 is 0 Å². The molecule has 7 nitrogen and oxygen atoms in total. The lowest BCUT2D eigenvalue weighted by Gasteiger charge is -2.29. The number of benzene rings is 1. The first-order valence-electron chi connectivity index (χ1n) is 10.2. The van der Waals surface area contributed by atoms with Crippen molar-refractivity contribution in [1.82, 2.24) is 19.6 Å². The van der Waals surface area contributed by atoms with E-state index < -0.39 is 0 Å². The highest BCUT2D eigenvalue weighted by Gasteiger charge is 2.49. The van der Waals surface area contributed by atoms with Gasteiger partial charge in [0.25, 0.3) is 0 Å². The van der Waals surface area contributed by atoms with Gasteiger partial charge in [0, 0.05) is 63.8 Å². The van der Waals surface area contributed by atoms with Crippen LogP contribution >= 0.6 is 0 Å². The van der Waals surface area contributed by atoms with Crippen LogP contribution in [0.2, 0.25) is 0 Å². The summed E-state index contributed by atoms with van der Waals surface area (Å²) in [7, 11) is 1.65. The van der Waals surface area contributed by atoms with Gasteiger partial charge in [0.05, 0.1) is 13.2 Å². The summed E-state index contributed by atoms with van der Waals surface area (Å²) in [5, 5.41) is 4.18. The van der Waals surface area contributed by atoms with Gasteiger partial charge < -0.3 is 14.5 Å². The van der Waals surface area contributed by atoms with Crippen LogP contribution in [0.1, 0.15) is 31.4 Å². The Morgan fingerprint density at radius 1 is 1.17 bits per heavy atom. The molecular weight excluding hydrogens is 368 g/mol. The SMILES string of the molecule is COc1ccc([C@H]2[C@@H]3CN(C(=O)CCCn4cccn4)C[C@@H]3CN2C(C)=O)cc1. The molecule has 7 heteroatoms.